The average Bonchev–Trinajstić information content (AvgIpc) is 2.60. The van der Waals surface area contributed by atoms with Crippen LogP contribution in [0.1, 0.15) is 32.3 Å². The zero-order valence-electron chi connectivity index (χ0n) is 15.5. The van der Waals surface area contributed by atoms with Crippen LogP contribution < -0.4 is 5.32 Å². The van der Waals surface area contributed by atoms with Crippen molar-refractivity contribution in [2.24, 2.45) is 5.92 Å². The molecule has 1 amide bonds. The second kappa shape index (κ2) is 9.92. The Kier molecular flexibility index (Phi) is 7.90. The summed E-state index contributed by atoms with van der Waals surface area (Å²) < 4.78 is 5.95. The van der Waals surface area contributed by atoms with Crippen molar-refractivity contribution < 1.29 is 14.3 Å². The highest BCUT2D eigenvalue weighted by Crippen LogP contribution is 2.20. The largest absolute Gasteiger partial charge is 0.452 e. The molecule has 0 aliphatic carbocycles. The molecule has 1 atom stereocenters. The van der Waals surface area contributed by atoms with Gasteiger partial charge in [0.25, 0.3) is 5.91 Å². The molecule has 1 heterocycles. The van der Waals surface area contributed by atoms with E-state index in [0.717, 1.165) is 41.7 Å². The number of likely N-dealkylation sites (tertiary alicyclic amines) is 1. The maximum absolute atomic E-state index is 12.1. The number of piperidine rings is 1. The van der Waals surface area contributed by atoms with E-state index in [4.69, 9.17) is 17.0 Å². The molecule has 26 heavy (non-hydrogen) atoms. The van der Waals surface area contributed by atoms with Gasteiger partial charge in [-0.1, -0.05) is 43.0 Å². The molecule has 0 aromatic heterocycles. The number of esters is 1. The minimum Gasteiger partial charge on any atom is -0.452 e. The van der Waals surface area contributed by atoms with E-state index in [1.807, 2.05) is 25.1 Å². The fourth-order valence-electron chi connectivity index (χ4n) is 2.65. The number of carbonyl (C=O) groups excluding carboxylic acids is 2. The van der Waals surface area contributed by atoms with Crippen LogP contribution in [0.15, 0.2) is 24.3 Å². The summed E-state index contributed by atoms with van der Waals surface area (Å²) in [5.41, 5.74) is 1.73. The average molecular weight is 395 g/mol. The number of benzene rings is 1. The van der Waals surface area contributed by atoms with E-state index in [0.29, 0.717) is 5.69 Å². The number of amides is 1. The van der Waals surface area contributed by atoms with Gasteiger partial charge in [0.05, 0.1) is 5.75 Å². The van der Waals surface area contributed by atoms with Crippen LogP contribution >= 0.6 is 24.0 Å². The predicted molar refractivity (Wildman–Crippen MR) is 110 cm³/mol. The number of hydrogen-bond acceptors (Lipinski definition) is 5. The highest BCUT2D eigenvalue weighted by atomic mass is 32.2. The Morgan fingerprint density at radius 1 is 1.38 bits per heavy atom. The molecule has 142 valence electrons. The lowest BCUT2D eigenvalue weighted by atomic mass is 10.00. The van der Waals surface area contributed by atoms with Crippen LogP contribution in [-0.2, 0) is 14.3 Å². The number of thiocarbonyl (C=S) groups is 1. The third-order valence-corrected chi connectivity index (χ3v) is 5.82. The molecule has 1 aromatic carbocycles. The molecule has 7 heteroatoms. The van der Waals surface area contributed by atoms with Gasteiger partial charge < -0.3 is 15.0 Å². The molecule has 1 fully saturated rings. The SMILES string of the molecule is Cc1cccc(NC(=O)C(C)OC(=O)CSC(=S)N2CCC(C)CC2)c1. The Labute approximate surface area is 164 Å². The Balaban J connectivity index is 1.72. The number of carbonyl (C=O) groups is 2. The summed E-state index contributed by atoms with van der Waals surface area (Å²) in [7, 11) is 0. The molecule has 1 aromatic rings. The van der Waals surface area contributed by atoms with Crippen molar-refractivity contribution >= 4 is 45.9 Å². The highest BCUT2D eigenvalue weighted by molar-refractivity contribution is 8.23. The lowest BCUT2D eigenvalue weighted by Gasteiger charge is -2.31. The number of aryl methyl sites for hydroxylation is 1. The van der Waals surface area contributed by atoms with E-state index in [2.05, 4.69) is 17.1 Å². The molecule has 1 aliphatic rings. The van der Waals surface area contributed by atoms with E-state index in [1.165, 1.54) is 11.8 Å². The third-order valence-electron chi connectivity index (χ3n) is 4.32. The number of nitrogens with one attached hydrogen (secondary N) is 1. The minimum absolute atomic E-state index is 0.118. The summed E-state index contributed by atoms with van der Waals surface area (Å²) in [6.45, 7) is 7.64. The molecule has 2 rings (SSSR count). The van der Waals surface area contributed by atoms with Crippen molar-refractivity contribution in [3.8, 4) is 0 Å². The van der Waals surface area contributed by atoms with E-state index < -0.39 is 12.1 Å². The molecule has 1 unspecified atom stereocenters. The van der Waals surface area contributed by atoms with Crippen LogP contribution in [0.3, 0.4) is 0 Å². The molecule has 0 saturated carbocycles. The summed E-state index contributed by atoms with van der Waals surface area (Å²) >= 11 is 6.70. The molecule has 1 aliphatic heterocycles. The van der Waals surface area contributed by atoms with Crippen molar-refractivity contribution in [1.29, 1.82) is 0 Å². The fraction of sp³-hybridized carbons (Fsp3) is 0.526. The van der Waals surface area contributed by atoms with E-state index in [9.17, 15) is 9.59 Å². The number of rotatable bonds is 5. The second-order valence-corrected chi connectivity index (χ2v) is 8.32. The van der Waals surface area contributed by atoms with Gasteiger partial charge in [0.1, 0.15) is 4.32 Å². The first-order valence-electron chi connectivity index (χ1n) is 8.84. The molecule has 1 N–H and O–H groups in total. The molecule has 0 radical (unpaired) electrons. The van der Waals surface area contributed by atoms with Crippen molar-refractivity contribution in [3.05, 3.63) is 29.8 Å². The third kappa shape index (κ3) is 6.61. The Bertz CT molecular complexity index is 658. The standard InChI is InChI=1S/C19H26N2O3S2/c1-13-7-9-21(10-8-13)19(25)26-12-17(22)24-15(3)18(23)20-16-6-4-5-14(2)11-16/h4-6,11,13,15H,7-10,12H2,1-3H3,(H,20,23). The van der Waals surface area contributed by atoms with Gasteiger partial charge in [0.15, 0.2) is 6.10 Å². The molecule has 1 saturated heterocycles. The maximum atomic E-state index is 12.1. The summed E-state index contributed by atoms with van der Waals surface area (Å²) in [6.07, 6.45) is 1.40. The summed E-state index contributed by atoms with van der Waals surface area (Å²) in [6, 6.07) is 7.47. The number of ether oxygens (including phenoxy) is 1. The maximum Gasteiger partial charge on any atom is 0.317 e. The molecule has 0 bridgehead atoms. The van der Waals surface area contributed by atoms with Crippen LogP contribution in [0.4, 0.5) is 5.69 Å². The lowest BCUT2D eigenvalue weighted by molar-refractivity contribution is -0.150. The number of hydrogen-bond donors (Lipinski definition) is 1. The Morgan fingerprint density at radius 2 is 2.08 bits per heavy atom. The molecule has 0 spiro atoms. The second-order valence-electron chi connectivity index (χ2n) is 6.71. The van der Waals surface area contributed by atoms with Crippen molar-refractivity contribution in [2.45, 2.75) is 39.7 Å². The van der Waals surface area contributed by atoms with Gasteiger partial charge in [-0.15, -0.1) is 0 Å². The number of nitrogens with zero attached hydrogens (tertiary/aromatic N) is 1. The first-order chi connectivity index (χ1) is 12.3. The molecular weight excluding hydrogens is 368 g/mol. The predicted octanol–water partition coefficient (Wildman–Crippen LogP) is 3.62. The first kappa shape index (κ1) is 20.7. The van der Waals surface area contributed by atoms with E-state index in [1.54, 1.807) is 13.0 Å². The minimum atomic E-state index is -0.854. The molecular formula is C19H26N2O3S2. The highest BCUT2D eigenvalue weighted by Gasteiger charge is 2.21. The normalized spacial score (nSPS) is 16.0. The van der Waals surface area contributed by atoms with Crippen LogP contribution in [0.2, 0.25) is 0 Å². The van der Waals surface area contributed by atoms with Crippen LogP contribution in [0.5, 0.6) is 0 Å². The Morgan fingerprint density at radius 3 is 2.73 bits per heavy atom. The van der Waals surface area contributed by atoms with Crippen LogP contribution in [0, 0.1) is 12.8 Å². The van der Waals surface area contributed by atoms with Crippen molar-refractivity contribution in [3.63, 3.8) is 0 Å². The van der Waals surface area contributed by atoms with E-state index in [-0.39, 0.29) is 11.7 Å². The van der Waals surface area contributed by atoms with Gasteiger partial charge in [-0.05, 0) is 50.3 Å². The smallest absolute Gasteiger partial charge is 0.317 e. The van der Waals surface area contributed by atoms with Gasteiger partial charge in [0, 0.05) is 18.8 Å². The van der Waals surface area contributed by atoms with Gasteiger partial charge in [-0.25, -0.2) is 0 Å². The molecule has 5 nitrogen and oxygen atoms in total. The zero-order valence-corrected chi connectivity index (χ0v) is 17.1. The monoisotopic (exact) mass is 394 g/mol. The topological polar surface area (TPSA) is 58.6 Å². The van der Waals surface area contributed by atoms with Crippen LogP contribution in [0.25, 0.3) is 0 Å². The van der Waals surface area contributed by atoms with Crippen molar-refractivity contribution in [2.75, 3.05) is 24.2 Å². The summed E-state index contributed by atoms with van der Waals surface area (Å²) in [4.78, 5) is 26.3. The number of anilines is 1. The number of thioether (sulfide) groups is 1. The summed E-state index contributed by atoms with van der Waals surface area (Å²) in [5, 5.41) is 2.75. The van der Waals surface area contributed by atoms with Gasteiger partial charge in [0.2, 0.25) is 0 Å². The van der Waals surface area contributed by atoms with E-state index >= 15 is 0 Å². The van der Waals surface area contributed by atoms with Crippen molar-refractivity contribution in [1.82, 2.24) is 4.90 Å². The Hall–Kier alpha value is -1.60. The van der Waals surface area contributed by atoms with Crippen LogP contribution in [-0.4, -0.2) is 46.0 Å². The van der Waals surface area contributed by atoms with Gasteiger partial charge in [-0.3, -0.25) is 9.59 Å². The zero-order chi connectivity index (χ0) is 19.1. The lowest BCUT2D eigenvalue weighted by Crippen LogP contribution is -2.36. The quantitative estimate of drug-likeness (QED) is 0.608. The van der Waals surface area contributed by atoms with Gasteiger partial charge in [-0.2, -0.15) is 0 Å². The fourth-order valence-corrected chi connectivity index (χ4v) is 3.69. The van der Waals surface area contributed by atoms with Gasteiger partial charge >= 0.3 is 5.97 Å². The first-order valence-corrected chi connectivity index (χ1v) is 10.2. The summed E-state index contributed by atoms with van der Waals surface area (Å²) in [5.74, 6) is 0.0698.